The number of methoxy groups -OCH3 is 1. The van der Waals surface area contributed by atoms with Crippen LogP contribution in [0.1, 0.15) is 31.2 Å². The van der Waals surface area contributed by atoms with E-state index in [0.717, 1.165) is 25.6 Å². The molecule has 1 N–H and O–H groups in total. The molecule has 1 aromatic carbocycles. The number of guanidine groups is 1. The molecule has 0 amide bonds. The van der Waals surface area contributed by atoms with Gasteiger partial charge in [0.25, 0.3) is 0 Å². The standard InChI is InChI=1S/C20H33N3O2/c1-4-17-16-23(12-10-19(17)18-8-6-5-7-9-18)20(21-2)22-11-13-25-15-14-24-3/h5-9,17,19H,4,10-16H2,1-3H3,(H,21,22). The van der Waals surface area contributed by atoms with Gasteiger partial charge in [-0.2, -0.15) is 0 Å². The van der Waals surface area contributed by atoms with Gasteiger partial charge in [-0.1, -0.05) is 43.7 Å². The summed E-state index contributed by atoms with van der Waals surface area (Å²) in [6.45, 7) is 7.10. The number of hydrogen-bond donors (Lipinski definition) is 1. The fraction of sp³-hybridized carbons (Fsp3) is 0.650. The topological polar surface area (TPSA) is 46.1 Å². The molecule has 1 heterocycles. The molecule has 25 heavy (non-hydrogen) atoms. The highest BCUT2D eigenvalue weighted by atomic mass is 16.5. The van der Waals surface area contributed by atoms with E-state index in [0.29, 0.717) is 31.7 Å². The molecule has 0 radical (unpaired) electrons. The van der Waals surface area contributed by atoms with Gasteiger partial charge in [0.15, 0.2) is 5.96 Å². The van der Waals surface area contributed by atoms with Gasteiger partial charge in [0, 0.05) is 33.8 Å². The molecule has 2 rings (SSSR count). The Hall–Kier alpha value is -1.59. The molecule has 0 aromatic heterocycles. The first-order valence-corrected chi connectivity index (χ1v) is 9.37. The molecule has 0 bridgehead atoms. The van der Waals surface area contributed by atoms with E-state index in [-0.39, 0.29) is 0 Å². The fourth-order valence-corrected chi connectivity index (χ4v) is 3.59. The van der Waals surface area contributed by atoms with Gasteiger partial charge in [0.05, 0.1) is 19.8 Å². The molecule has 5 nitrogen and oxygen atoms in total. The SMILES string of the molecule is CCC1CN(C(=NC)NCCOCCOC)CCC1c1ccccc1. The van der Waals surface area contributed by atoms with E-state index >= 15 is 0 Å². The van der Waals surface area contributed by atoms with Gasteiger partial charge in [-0.15, -0.1) is 0 Å². The number of ether oxygens (including phenoxy) is 2. The van der Waals surface area contributed by atoms with Crippen molar-refractivity contribution in [2.75, 3.05) is 53.6 Å². The summed E-state index contributed by atoms with van der Waals surface area (Å²) in [5, 5.41) is 3.43. The van der Waals surface area contributed by atoms with E-state index in [4.69, 9.17) is 9.47 Å². The van der Waals surface area contributed by atoms with E-state index in [9.17, 15) is 0 Å². The lowest BCUT2D eigenvalue weighted by Gasteiger charge is -2.40. The largest absolute Gasteiger partial charge is 0.382 e. The minimum atomic E-state index is 0.636. The summed E-state index contributed by atoms with van der Waals surface area (Å²) in [5.74, 6) is 2.30. The first-order chi connectivity index (χ1) is 12.3. The van der Waals surface area contributed by atoms with Gasteiger partial charge in [-0.3, -0.25) is 4.99 Å². The van der Waals surface area contributed by atoms with Crippen LogP contribution in [0.25, 0.3) is 0 Å². The number of benzene rings is 1. The first-order valence-electron chi connectivity index (χ1n) is 9.37. The Morgan fingerprint density at radius 3 is 2.72 bits per heavy atom. The van der Waals surface area contributed by atoms with Crippen molar-refractivity contribution in [2.24, 2.45) is 10.9 Å². The van der Waals surface area contributed by atoms with Crippen molar-refractivity contribution in [3.63, 3.8) is 0 Å². The Morgan fingerprint density at radius 2 is 2.04 bits per heavy atom. The van der Waals surface area contributed by atoms with Crippen LogP contribution in [-0.2, 0) is 9.47 Å². The van der Waals surface area contributed by atoms with Crippen molar-refractivity contribution in [3.05, 3.63) is 35.9 Å². The third kappa shape index (κ3) is 6.01. The lowest BCUT2D eigenvalue weighted by Crippen LogP contribution is -2.49. The average Bonchev–Trinajstić information content (AvgIpc) is 2.67. The lowest BCUT2D eigenvalue weighted by molar-refractivity contribution is 0.0730. The maximum Gasteiger partial charge on any atom is 0.193 e. The lowest BCUT2D eigenvalue weighted by atomic mass is 9.79. The second-order valence-electron chi connectivity index (χ2n) is 6.50. The summed E-state index contributed by atoms with van der Waals surface area (Å²) in [4.78, 5) is 6.86. The molecular formula is C20H33N3O2. The summed E-state index contributed by atoms with van der Waals surface area (Å²) in [7, 11) is 3.55. The Morgan fingerprint density at radius 1 is 1.24 bits per heavy atom. The number of hydrogen-bond acceptors (Lipinski definition) is 3. The Balaban J connectivity index is 1.84. The maximum absolute atomic E-state index is 5.51. The number of likely N-dealkylation sites (tertiary alicyclic amines) is 1. The van der Waals surface area contributed by atoms with Crippen LogP contribution < -0.4 is 5.32 Å². The average molecular weight is 348 g/mol. The smallest absolute Gasteiger partial charge is 0.193 e. The van der Waals surface area contributed by atoms with Gasteiger partial charge in [0.2, 0.25) is 0 Å². The zero-order valence-corrected chi connectivity index (χ0v) is 15.9. The zero-order chi connectivity index (χ0) is 17.9. The molecule has 140 valence electrons. The summed E-state index contributed by atoms with van der Waals surface area (Å²) in [5.41, 5.74) is 1.48. The predicted octanol–water partition coefficient (Wildman–Crippen LogP) is 2.74. The van der Waals surface area contributed by atoms with E-state index in [2.05, 4.69) is 52.5 Å². The van der Waals surface area contributed by atoms with Crippen LogP contribution in [0.5, 0.6) is 0 Å². The van der Waals surface area contributed by atoms with E-state index in [1.54, 1.807) is 7.11 Å². The molecule has 0 spiro atoms. The maximum atomic E-state index is 5.51. The van der Waals surface area contributed by atoms with Gasteiger partial charge in [0.1, 0.15) is 0 Å². The predicted molar refractivity (Wildman–Crippen MR) is 103 cm³/mol. The Labute approximate surface area is 152 Å². The first kappa shape index (κ1) is 19.7. The van der Waals surface area contributed by atoms with Crippen molar-refractivity contribution in [1.29, 1.82) is 0 Å². The van der Waals surface area contributed by atoms with Gasteiger partial charge in [-0.05, 0) is 23.8 Å². The second kappa shape index (κ2) is 11.1. The van der Waals surface area contributed by atoms with Crippen LogP contribution in [-0.4, -0.2) is 64.5 Å². The van der Waals surface area contributed by atoms with E-state index in [1.165, 1.54) is 18.4 Å². The quantitative estimate of drug-likeness (QED) is 0.446. The molecule has 0 saturated carbocycles. The zero-order valence-electron chi connectivity index (χ0n) is 15.9. The number of nitrogens with zero attached hydrogens (tertiary/aromatic N) is 2. The van der Waals surface area contributed by atoms with Crippen LogP contribution in [0.2, 0.25) is 0 Å². The highest BCUT2D eigenvalue weighted by Gasteiger charge is 2.30. The third-order valence-electron chi connectivity index (χ3n) is 4.96. The number of rotatable bonds is 8. The molecule has 1 fully saturated rings. The van der Waals surface area contributed by atoms with Crippen molar-refractivity contribution in [3.8, 4) is 0 Å². The van der Waals surface area contributed by atoms with Gasteiger partial charge >= 0.3 is 0 Å². The van der Waals surface area contributed by atoms with Crippen molar-refractivity contribution >= 4 is 5.96 Å². The fourth-order valence-electron chi connectivity index (χ4n) is 3.59. The van der Waals surface area contributed by atoms with Crippen LogP contribution in [0.4, 0.5) is 0 Å². The highest BCUT2D eigenvalue weighted by molar-refractivity contribution is 5.80. The van der Waals surface area contributed by atoms with Crippen molar-refractivity contribution in [2.45, 2.75) is 25.7 Å². The number of aliphatic imine (C=N–C) groups is 1. The summed E-state index contributed by atoms with van der Waals surface area (Å²) in [6.07, 6.45) is 2.36. The minimum Gasteiger partial charge on any atom is -0.382 e. The second-order valence-corrected chi connectivity index (χ2v) is 6.50. The molecule has 1 saturated heterocycles. The molecular weight excluding hydrogens is 314 g/mol. The summed E-state index contributed by atoms with van der Waals surface area (Å²) in [6, 6.07) is 10.9. The van der Waals surface area contributed by atoms with Crippen LogP contribution in [0.15, 0.2) is 35.3 Å². The molecule has 5 heteroatoms. The third-order valence-corrected chi connectivity index (χ3v) is 4.96. The highest BCUT2D eigenvalue weighted by Crippen LogP contribution is 2.34. The van der Waals surface area contributed by atoms with Crippen molar-refractivity contribution in [1.82, 2.24) is 10.2 Å². The van der Waals surface area contributed by atoms with Gasteiger partial charge in [-0.25, -0.2) is 0 Å². The van der Waals surface area contributed by atoms with E-state index < -0.39 is 0 Å². The molecule has 1 aromatic rings. The molecule has 2 unspecified atom stereocenters. The molecule has 1 aliphatic rings. The number of nitrogens with one attached hydrogen (secondary N) is 1. The number of piperidine rings is 1. The summed E-state index contributed by atoms with van der Waals surface area (Å²) < 4.78 is 10.5. The van der Waals surface area contributed by atoms with Gasteiger partial charge < -0.3 is 19.7 Å². The summed E-state index contributed by atoms with van der Waals surface area (Å²) >= 11 is 0. The molecule has 2 atom stereocenters. The minimum absolute atomic E-state index is 0.636. The van der Waals surface area contributed by atoms with Crippen LogP contribution in [0, 0.1) is 5.92 Å². The van der Waals surface area contributed by atoms with Crippen molar-refractivity contribution < 1.29 is 9.47 Å². The Kier molecular flexibility index (Phi) is 8.77. The normalized spacial score (nSPS) is 21.4. The van der Waals surface area contributed by atoms with Crippen LogP contribution >= 0.6 is 0 Å². The van der Waals surface area contributed by atoms with E-state index in [1.807, 2.05) is 7.05 Å². The Bertz CT molecular complexity index is 507. The molecule has 1 aliphatic heterocycles. The monoisotopic (exact) mass is 347 g/mol. The van der Waals surface area contributed by atoms with Crippen LogP contribution in [0.3, 0.4) is 0 Å². The molecule has 0 aliphatic carbocycles.